The molecule has 184 valence electrons. The molecule has 4 rings (SSSR count). The van der Waals surface area contributed by atoms with Gasteiger partial charge in [0, 0.05) is 13.1 Å². The number of carbonyl (C=O) groups is 3. The molecule has 9 heteroatoms. The predicted molar refractivity (Wildman–Crippen MR) is 143 cm³/mol. The Balaban J connectivity index is 1.35. The number of aryl methyl sites for hydroxylation is 1. The Kier molecular flexibility index (Phi) is 8.36. The highest BCUT2D eigenvalue weighted by Crippen LogP contribution is 2.33. The quantitative estimate of drug-likeness (QED) is 0.337. The normalized spacial score (nSPS) is 14.4. The first-order valence-electron chi connectivity index (χ1n) is 11.1. The molecule has 0 aliphatic carbocycles. The van der Waals surface area contributed by atoms with Crippen LogP contribution in [-0.2, 0) is 11.4 Å². The average Bonchev–Trinajstić information content (AvgIpc) is 3.13. The van der Waals surface area contributed by atoms with Gasteiger partial charge in [-0.1, -0.05) is 65.7 Å². The first-order valence-corrected chi connectivity index (χ1v) is 12.7. The van der Waals surface area contributed by atoms with Crippen LogP contribution < -0.4 is 10.1 Å². The first kappa shape index (κ1) is 25.8. The number of para-hydroxylation sites is 1. The smallest absolute Gasteiger partial charge is 0.293 e. The van der Waals surface area contributed by atoms with Gasteiger partial charge in [0.2, 0.25) is 0 Å². The van der Waals surface area contributed by atoms with Gasteiger partial charge in [0.05, 0.1) is 20.5 Å². The summed E-state index contributed by atoms with van der Waals surface area (Å²) in [5.41, 5.74) is 3.16. The fourth-order valence-corrected chi connectivity index (χ4v) is 4.70. The van der Waals surface area contributed by atoms with Crippen LogP contribution in [0.25, 0.3) is 6.08 Å². The Labute approximate surface area is 223 Å². The van der Waals surface area contributed by atoms with E-state index >= 15 is 0 Å². The molecule has 0 spiro atoms. The van der Waals surface area contributed by atoms with Gasteiger partial charge in [-0.05, 0) is 65.7 Å². The second-order valence-corrected chi connectivity index (χ2v) is 9.78. The summed E-state index contributed by atoms with van der Waals surface area (Å²) < 4.78 is 5.92. The number of amides is 3. The van der Waals surface area contributed by atoms with E-state index in [0.717, 1.165) is 27.8 Å². The second-order valence-electron chi connectivity index (χ2n) is 7.97. The lowest BCUT2D eigenvalue weighted by molar-refractivity contribution is -0.122. The summed E-state index contributed by atoms with van der Waals surface area (Å²) >= 11 is 12.8. The molecule has 1 saturated heterocycles. The second kappa shape index (κ2) is 11.6. The topological polar surface area (TPSA) is 75.7 Å². The number of nitrogens with one attached hydrogen (secondary N) is 1. The molecular formula is C27H22Cl2N2O4S. The largest absolute Gasteiger partial charge is 0.488 e. The van der Waals surface area contributed by atoms with Crippen molar-refractivity contribution in [3.05, 3.63) is 104 Å². The monoisotopic (exact) mass is 540 g/mol. The van der Waals surface area contributed by atoms with Crippen LogP contribution in [0.2, 0.25) is 10.0 Å². The molecule has 6 nitrogen and oxygen atoms in total. The fraction of sp³-hybridized carbons (Fsp3) is 0.148. The maximum Gasteiger partial charge on any atom is 0.293 e. The third kappa shape index (κ3) is 6.10. The molecule has 0 aromatic heterocycles. The minimum Gasteiger partial charge on any atom is -0.488 e. The van der Waals surface area contributed by atoms with E-state index < -0.39 is 11.1 Å². The van der Waals surface area contributed by atoms with E-state index in [1.807, 2.05) is 31.2 Å². The molecular weight excluding hydrogens is 519 g/mol. The van der Waals surface area contributed by atoms with Crippen LogP contribution in [-0.4, -0.2) is 35.0 Å². The number of nitrogens with zero attached hydrogens (tertiary/aromatic N) is 1. The number of benzene rings is 3. The summed E-state index contributed by atoms with van der Waals surface area (Å²) in [6, 6.07) is 19.8. The van der Waals surface area contributed by atoms with Crippen molar-refractivity contribution in [3.63, 3.8) is 0 Å². The highest BCUT2D eigenvalue weighted by Gasteiger charge is 2.34. The van der Waals surface area contributed by atoms with Gasteiger partial charge in [0.25, 0.3) is 17.1 Å². The molecule has 3 aromatic rings. The van der Waals surface area contributed by atoms with Crippen molar-refractivity contribution < 1.29 is 19.1 Å². The summed E-state index contributed by atoms with van der Waals surface area (Å²) in [4.78, 5) is 39.4. The number of hydrogen-bond acceptors (Lipinski definition) is 5. The molecule has 0 saturated carbocycles. The molecule has 3 aromatic carbocycles. The van der Waals surface area contributed by atoms with Crippen molar-refractivity contribution >= 4 is 58.1 Å². The van der Waals surface area contributed by atoms with E-state index in [4.69, 9.17) is 27.9 Å². The lowest BCUT2D eigenvalue weighted by Gasteiger charge is -2.15. The van der Waals surface area contributed by atoms with Crippen LogP contribution in [0.4, 0.5) is 4.79 Å². The van der Waals surface area contributed by atoms with Gasteiger partial charge in [0.1, 0.15) is 12.4 Å². The van der Waals surface area contributed by atoms with Crippen LogP contribution in [0.3, 0.4) is 0 Å². The molecule has 36 heavy (non-hydrogen) atoms. The molecule has 1 N–H and O–H groups in total. The van der Waals surface area contributed by atoms with Crippen LogP contribution in [0.15, 0.2) is 71.6 Å². The summed E-state index contributed by atoms with van der Waals surface area (Å²) in [5.74, 6) is -0.324. The van der Waals surface area contributed by atoms with Gasteiger partial charge in [-0.3, -0.25) is 19.3 Å². The van der Waals surface area contributed by atoms with Crippen LogP contribution >= 0.6 is 35.0 Å². The Morgan fingerprint density at radius 1 is 1.03 bits per heavy atom. The third-order valence-corrected chi connectivity index (χ3v) is 7.16. The lowest BCUT2D eigenvalue weighted by atomic mass is 10.1. The molecule has 0 radical (unpaired) electrons. The van der Waals surface area contributed by atoms with Crippen LogP contribution in [0.5, 0.6) is 5.75 Å². The molecule has 1 heterocycles. The van der Waals surface area contributed by atoms with E-state index in [-0.39, 0.29) is 23.9 Å². The molecule has 0 unspecified atom stereocenters. The number of halogens is 2. The summed E-state index contributed by atoms with van der Waals surface area (Å²) in [5, 5.41) is 3.13. The Hall–Kier alpha value is -3.26. The molecule has 1 fully saturated rings. The fourth-order valence-electron chi connectivity index (χ4n) is 3.53. The molecule has 3 amide bonds. The van der Waals surface area contributed by atoms with Gasteiger partial charge >= 0.3 is 0 Å². The van der Waals surface area contributed by atoms with Gasteiger partial charge in [0.15, 0.2) is 0 Å². The zero-order valence-electron chi connectivity index (χ0n) is 19.3. The average molecular weight is 541 g/mol. The van der Waals surface area contributed by atoms with Crippen molar-refractivity contribution in [2.45, 2.75) is 13.5 Å². The SMILES string of the molecule is Cc1ccccc1COc1ccccc1C(=O)NCCN1C(=O)SC(=Cc2ccc(Cl)c(Cl)c2)C1=O. The van der Waals surface area contributed by atoms with E-state index in [0.29, 0.717) is 33.5 Å². The van der Waals surface area contributed by atoms with Crippen molar-refractivity contribution in [2.24, 2.45) is 0 Å². The summed E-state index contributed by atoms with van der Waals surface area (Å²) in [6.45, 7) is 2.48. The van der Waals surface area contributed by atoms with Crippen molar-refractivity contribution in [2.75, 3.05) is 13.1 Å². The molecule has 1 aliphatic heterocycles. The predicted octanol–water partition coefficient (Wildman–Crippen LogP) is 6.35. The number of ether oxygens (including phenoxy) is 1. The van der Waals surface area contributed by atoms with Crippen LogP contribution in [0.1, 0.15) is 27.0 Å². The summed E-state index contributed by atoms with van der Waals surface area (Å²) in [7, 11) is 0. The number of carbonyl (C=O) groups excluding carboxylic acids is 3. The third-order valence-electron chi connectivity index (χ3n) is 5.51. The summed E-state index contributed by atoms with van der Waals surface area (Å²) in [6.07, 6.45) is 1.59. The van der Waals surface area contributed by atoms with Gasteiger partial charge in [-0.2, -0.15) is 0 Å². The maximum absolute atomic E-state index is 12.8. The number of thioether (sulfide) groups is 1. The van der Waals surface area contributed by atoms with Gasteiger partial charge in [-0.15, -0.1) is 0 Å². The highest BCUT2D eigenvalue weighted by molar-refractivity contribution is 8.18. The van der Waals surface area contributed by atoms with E-state index in [1.165, 1.54) is 0 Å². The van der Waals surface area contributed by atoms with Gasteiger partial charge in [-0.25, -0.2) is 0 Å². The van der Waals surface area contributed by atoms with Gasteiger partial charge < -0.3 is 10.1 Å². The number of hydrogen-bond donors (Lipinski definition) is 1. The first-order chi connectivity index (χ1) is 17.3. The molecule has 0 atom stereocenters. The Morgan fingerprint density at radius 3 is 2.56 bits per heavy atom. The van der Waals surface area contributed by atoms with Crippen LogP contribution in [0, 0.1) is 6.92 Å². The van der Waals surface area contributed by atoms with Crippen molar-refractivity contribution in [1.82, 2.24) is 10.2 Å². The van der Waals surface area contributed by atoms with E-state index in [1.54, 1.807) is 48.5 Å². The highest BCUT2D eigenvalue weighted by atomic mass is 35.5. The Morgan fingerprint density at radius 2 is 1.78 bits per heavy atom. The zero-order chi connectivity index (χ0) is 25.7. The number of imide groups is 1. The lowest BCUT2D eigenvalue weighted by Crippen LogP contribution is -2.37. The molecule has 1 aliphatic rings. The van der Waals surface area contributed by atoms with E-state index in [9.17, 15) is 14.4 Å². The standard InChI is InChI=1S/C27H22Cl2N2O4S/c1-17-6-2-3-7-19(17)16-35-23-9-5-4-8-20(23)25(32)30-12-13-31-26(33)24(36-27(31)34)15-18-10-11-21(28)22(29)14-18/h2-11,14-15H,12-13,16H2,1H3,(H,30,32). The van der Waals surface area contributed by atoms with E-state index in [2.05, 4.69) is 5.32 Å². The molecule has 0 bridgehead atoms. The minimum atomic E-state index is -0.424. The van der Waals surface area contributed by atoms with Crippen molar-refractivity contribution in [3.8, 4) is 5.75 Å². The Bertz CT molecular complexity index is 1360. The minimum absolute atomic E-state index is 0.0430. The van der Waals surface area contributed by atoms with Crippen molar-refractivity contribution in [1.29, 1.82) is 0 Å². The zero-order valence-corrected chi connectivity index (χ0v) is 21.6. The maximum atomic E-state index is 12.8. The number of rotatable bonds is 8.